The summed E-state index contributed by atoms with van der Waals surface area (Å²) in [5.41, 5.74) is 1.28. The number of phenols is 1. The van der Waals surface area contributed by atoms with Gasteiger partial charge >= 0.3 is 0 Å². The van der Waals surface area contributed by atoms with Crippen molar-refractivity contribution in [2.24, 2.45) is 0 Å². The molecule has 1 aliphatic heterocycles. The van der Waals surface area contributed by atoms with Gasteiger partial charge in [-0.05, 0) is 37.2 Å². The Kier molecular flexibility index (Phi) is 5.47. The van der Waals surface area contributed by atoms with Crippen molar-refractivity contribution in [2.75, 3.05) is 38.1 Å². The number of aromatic hydroxyl groups is 1. The smallest absolute Gasteiger partial charge is 0.115 e. The van der Waals surface area contributed by atoms with E-state index in [1.54, 1.807) is 12.1 Å². The highest BCUT2D eigenvalue weighted by Gasteiger charge is 2.14. The summed E-state index contributed by atoms with van der Waals surface area (Å²) in [6, 6.07) is 7.56. The maximum Gasteiger partial charge on any atom is 0.115 e. The molecule has 0 radical (unpaired) electrons. The van der Waals surface area contributed by atoms with Crippen molar-refractivity contribution < 1.29 is 5.11 Å². The zero-order valence-corrected chi connectivity index (χ0v) is 12.3. The Morgan fingerprint density at radius 1 is 1.00 bits per heavy atom. The largest absolute Gasteiger partial charge is 0.508 e. The van der Waals surface area contributed by atoms with Crippen molar-refractivity contribution in [3.05, 3.63) is 29.8 Å². The molecule has 1 aliphatic rings. The van der Waals surface area contributed by atoms with Gasteiger partial charge in [0.1, 0.15) is 5.75 Å². The third-order valence-electron chi connectivity index (χ3n) is 3.42. The lowest BCUT2D eigenvalue weighted by Gasteiger charge is -2.21. The number of alkyl halides is 1. The summed E-state index contributed by atoms with van der Waals surface area (Å²) in [4.78, 5) is 5.02. The zero-order valence-electron chi connectivity index (χ0n) is 10.7. The molecule has 18 heavy (non-hydrogen) atoms. The summed E-state index contributed by atoms with van der Waals surface area (Å²) in [5.74, 6) is 0.345. The lowest BCUT2D eigenvalue weighted by atomic mass is 10.2. The molecule has 0 bridgehead atoms. The van der Waals surface area contributed by atoms with Crippen molar-refractivity contribution in [2.45, 2.75) is 13.0 Å². The van der Waals surface area contributed by atoms with Crippen LogP contribution in [0.5, 0.6) is 5.75 Å². The minimum atomic E-state index is 0.345. The highest BCUT2D eigenvalue weighted by Crippen LogP contribution is 2.13. The highest BCUT2D eigenvalue weighted by atomic mass is 79.9. The SMILES string of the molecule is Oc1ccc(CN2CCCN(CCBr)CC2)cc1. The number of benzene rings is 1. The third kappa shape index (κ3) is 4.26. The topological polar surface area (TPSA) is 26.7 Å². The quantitative estimate of drug-likeness (QED) is 0.864. The molecular weight excluding hydrogens is 292 g/mol. The molecule has 1 aromatic rings. The van der Waals surface area contributed by atoms with Crippen molar-refractivity contribution in [1.82, 2.24) is 9.80 Å². The van der Waals surface area contributed by atoms with Gasteiger partial charge in [0.2, 0.25) is 0 Å². The molecule has 4 heteroatoms. The first-order valence-corrected chi connectivity index (χ1v) is 7.68. The minimum Gasteiger partial charge on any atom is -0.508 e. The summed E-state index contributed by atoms with van der Waals surface area (Å²) in [5, 5.41) is 10.3. The molecular formula is C14H21BrN2O. The van der Waals surface area contributed by atoms with E-state index in [4.69, 9.17) is 0 Å². The fourth-order valence-electron chi connectivity index (χ4n) is 2.39. The second-order valence-corrected chi connectivity index (χ2v) is 5.62. The highest BCUT2D eigenvalue weighted by molar-refractivity contribution is 9.09. The van der Waals surface area contributed by atoms with Crippen molar-refractivity contribution >= 4 is 15.9 Å². The molecule has 1 aromatic carbocycles. The maximum atomic E-state index is 9.28. The molecule has 2 rings (SSSR count). The van der Waals surface area contributed by atoms with Gasteiger partial charge in [-0.2, -0.15) is 0 Å². The van der Waals surface area contributed by atoms with Crippen LogP contribution in [-0.4, -0.2) is 53.0 Å². The van der Waals surface area contributed by atoms with Crippen LogP contribution in [-0.2, 0) is 6.54 Å². The number of hydrogen-bond donors (Lipinski definition) is 1. The Morgan fingerprint density at radius 3 is 2.39 bits per heavy atom. The average molecular weight is 313 g/mol. The standard InChI is InChI=1S/C14H21BrN2O/c15-6-9-16-7-1-8-17(11-10-16)12-13-2-4-14(18)5-3-13/h2-5,18H,1,6-12H2. The van der Waals surface area contributed by atoms with Gasteiger partial charge in [0.25, 0.3) is 0 Å². The number of nitrogens with zero attached hydrogens (tertiary/aromatic N) is 2. The van der Waals surface area contributed by atoms with Crippen LogP contribution >= 0.6 is 15.9 Å². The molecule has 1 heterocycles. The van der Waals surface area contributed by atoms with Crippen LogP contribution < -0.4 is 0 Å². The fourth-order valence-corrected chi connectivity index (χ4v) is 2.89. The molecule has 0 saturated carbocycles. The Hall–Kier alpha value is -0.580. The normalized spacial score (nSPS) is 18.7. The predicted octanol–water partition coefficient (Wildman–Crippen LogP) is 2.29. The van der Waals surface area contributed by atoms with E-state index in [9.17, 15) is 5.11 Å². The van der Waals surface area contributed by atoms with E-state index in [2.05, 4.69) is 25.7 Å². The van der Waals surface area contributed by atoms with E-state index in [0.717, 1.165) is 31.5 Å². The van der Waals surface area contributed by atoms with E-state index in [1.807, 2.05) is 12.1 Å². The predicted molar refractivity (Wildman–Crippen MR) is 78.2 cm³/mol. The molecule has 0 unspecified atom stereocenters. The molecule has 0 aliphatic carbocycles. The van der Waals surface area contributed by atoms with Crippen LogP contribution in [0.3, 0.4) is 0 Å². The Bertz CT molecular complexity index is 355. The maximum absolute atomic E-state index is 9.28. The van der Waals surface area contributed by atoms with Gasteiger partial charge in [-0.25, -0.2) is 0 Å². The van der Waals surface area contributed by atoms with Crippen LogP contribution in [0, 0.1) is 0 Å². The number of halogens is 1. The Morgan fingerprint density at radius 2 is 1.67 bits per heavy atom. The van der Waals surface area contributed by atoms with Gasteiger partial charge in [0, 0.05) is 31.5 Å². The van der Waals surface area contributed by atoms with Gasteiger partial charge in [-0.1, -0.05) is 28.1 Å². The first kappa shape index (κ1) is 13.8. The van der Waals surface area contributed by atoms with Gasteiger partial charge in [-0.3, -0.25) is 4.90 Å². The molecule has 0 spiro atoms. The second-order valence-electron chi connectivity index (χ2n) is 4.83. The summed E-state index contributed by atoms with van der Waals surface area (Å²) < 4.78 is 0. The fraction of sp³-hybridized carbons (Fsp3) is 0.571. The van der Waals surface area contributed by atoms with Crippen LogP contribution in [0.4, 0.5) is 0 Å². The molecule has 1 N–H and O–H groups in total. The Balaban J connectivity index is 1.84. The molecule has 0 amide bonds. The van der Waals surface area contributed by atoms with Crippen molar-refractivity contribution in [3.63, 3.8) is 0 Å². The lowest BCUT2D eigenvalue weighted by molar-refractivity contribution is 0.258. The molecule has 100 valence electrons. The molecule has 1 saturated heterocycles. The van der Waals surface area contributed by atoms with Crippen molar-refractivity contribution in [3.8, 4) is 5.75 Å². The minimum absolute atomic E-state index is 0.345. The first-order chi connectivity index (χ1) is 8.78. The average Bonchev–Trinajstić information content (AvgIpc) is 2.59. The third-order valence-corrected chi connectivity index (χ3v) is 3.78. The van der Waals surface area contributed by atoms with Crippen LogP contribution in [0.2, 0.25) is 0 Å². The van der Waals surface area contributed by atoms with Crippen LogP contribution in [0.25, 0.3) is 0 Å². The summed E-state index contributed by atoms with van der Waals surface area (Å²) in [6.45, 7) is 6.80. The van der Waals surface area contributed by atoms with E-state index in [1.165, 1.54) is 25.1 Å². The zero-order chi connectivity index (χ0) is 12.8. The molecule has 0 aromatic heterocycles. The van der Waals surface area contributed by atoms with E-state index < -0.39 is 0 Å². The summed E-state index contributed by atoms with van der Waals surface area (Å²) in [6.07, 6.45) is 1.24. The van der Waals surface area contributed by atoms with Crippen LogP contribution in [0.1, 0.15) is 12.0 Å². The van der Waals surface area contributed by atoms with Gasteiger partial charge in [0.15, 0.2) is 0 Å². The van der Waals surface area contributed by atoms with Crippen molar-refractivity contribution in [1.29, 1.82) is 0 Å². The Labute approximate surface area is 118 Å². The van der Waals surface area contributed by atoms with Gasteiger partial charge in [0.05, 0.1) is 0 Å². The number of rotatable bonds is 4. The second kappa shape index (κ2) is 7.12. The number of hydrogen-bond acceptors (Lipinski definition) is 3. The lowest BCUT2D eigenvalue weighted by Crippen LogP contribution is -2.31. The number of phenolic OH excluding ortho intramolecular Hbond substituents is 1. The summed E-state index contributed by atoms with van der Waals surface area (Å²) >= 11 is 3.51. The van der Waals surface area contributed by atoms with E-state index in [0.29, 0.717) is 5.75 Å². The van der Waals surface area contributed by atoms with Gasteiger partial charge < -0.3 is 10.0 Å². The first-order valence-electron chi connectivity index (χ1n) is 6.56. The van der Waals surface area contributed by atoms with E-state index >= 15 is 0 Å². The molecule has 3 nitrogen and oxygen atoms in total. The molecule has 1 fully saturated rings. The van der Waals surface area contributed by atoms with Gasteiger partial charge in [-0.15, -0.1) is 0 Å². The van der Waals surface area contributed by atoms with Crippen LogP contribution in [0.15, 0.2) is 24.3 Å². The monoisotopic (exact) mass is 312 g/mol. The summed E-state index contributed by atoms with van der Waals surface area (Å²) in [7, 11) is 0. The van der Waals surface area contributed by atoms with E-state index in [-0.39, 0.29) is 0 Å². The molecule has 0 atom stereocenters.